The summed E-state index contributed by atoms with van der Waals surface area (Å²) in [7, 11) is -4.01. The molecule has 0 spiro atoms. The Morgan fingerprint density at radius 2 is 1.84 bits per heavy atom. The lowest BCUT2D eigenvalue weighted by atomic mass is 10.2. The molecule has 9 heteroatoms. The number of hydrogen-bond donors (Lipinski definition) is 1. The molecule has 1 fully saturated rings. The molecule has 0 radical (unpaired) electrons. The van der Waals surface area contributed by atoms with Gasteiger partial charge in [-0.1, -0.05) is 54.6 Å². The van der Waals surface area contributed by atoms with Crippen molar-refractivity contribution in [3.05, 3.63) is 72.3 Å². The van der Waals surface area contributed by atoms with Crippen molar-refractivity contribution in [2.45, 2.75) is 36.8 Å². The van der Waals surface area contributed by atoms with Crippen LogP contribution < -0.4 is 5.32 Å². The van der Waals surface area contributed by atoms with Gasteiger partial charge in [-0.25, -0.2) is 0 Å². The molecule has 1 atom stereocenters. The van der Waals surface area contributed by atoms with Crippen molar-refractivity contribution in [2.24, 2.45) is 4.40 Å². The number of nitrogens with zero attached hydrogens (tertiary/aromatic N) is 2. The van der Waals surface area contributed by atoms with Gasteiger partial charge >= 0.3 is 0 Å². The average Bonchev–Trinajstić information content (AvgIpc) is 3.04. The van der Waals surface area contributed by atoms with Crippen LogP contribution in [0.5, 0.6) is 0 Å². The molecule has 1 saturated heterocycles. The summed E-state index contributed by atoms with van der Waals surface area (Å²) in [6.45, 7) is 7.66. The molecule has 0 aliphatic carbocycles. The Hall–Kier alpha value is -2.91. The minimum Gasteiger partial charge on any atom is -0.326 e. The monoisotopic (exact) mass is 471 g/mol. The van der Waals surface area contributed by atoms with E-state index in [1.807, 2.05) is 26.0 Å². The summed E-state index contributed by atoms with van der Waals surface area (Å²) in [6.07, 6.45) is 2.18. The second-order valence-electron chi connectivity index (χ2n) is 7.31. The lowest BCUT2D eigenvalue weighted by Gasteiger charge is -2.13. The fourth-order valence-electron chi connectivity index (χ4n) is 3.08. The zero-order valence-electron chi connectivity index (χ0n) is 17.9. The van der Waals surface area contributed by atoms with Crippen LogP contribution in [0.25, 0.3) is 0 Å². The number of carbonyl (C=O) groups is 2. The number of thioether (sulfide) groups is 1. The van der Waals surface area contributed by atoms with Crippen LogP contribution in [0, 0.1) is 6.92 Å². The Morgan fingerprint density at radius 1 is 1.19 bits per heavy atom. The van der Waals surface area contributed by atoms with E-state index in [0.29, 0.717) is 5.69 Å². The van der Waals surface area contributed by atoms with Crippen LogP contribution in [0.1, 0.15) is 24.5 Å². The van der Waals surface area contributed by atoms with E-state index in [-0.39, 0.29) is 34.8 Å². The summed E-state index contributed by atoms with van der Waals surface area (Å²) >= 11 is 0.976. The average molecular weight is 472 g/mol. The summed E-state index contributed by atoms with van der Waals surface area (Å²) in [5.41, 5.74) is 2.71. The van der Waals surface area contributed by atoms with Crippen molar-refractivity contribution in [3.8, 4) is 0 Å². The van der Waals surface area contributed by atoms with Crippen LogP contribution in [-0.2, 0) is 26.0 Å². The molecule has 2 aromatic carbocycles. The molecule has 168 valence electrons. The van der Waals surface area contributed by atoms with Gasteiger partial charge in [0.1, 0.15) is 5.25 Å². The fraction of sp³-hybridized carbons (Fsp3) is 0.261. The van der Waals surface area contributed by atoms with E-state index in [0.717, 1.165) is 29.3 Å². The van der Waals surface area contributed by atoms with Gasteiger partial charge in [0.2, 0.25) is 11.8 Å². The van der Waals surface area contributed by atoms with Crippen molar-refractivity contribution in [3.63, 3.8) is 0 Å². The topological polar surface area (TPSA) is 95.9 Å². The highest BCUT2D eigenvalue weighted by Crippen LogP contribution is 2.31. The number of benzene rings is 2. The maximum atomic E-state index is 12.8. The SMILES string of the molecule is C=CCN1C(=O)C(CC(=O)Nc2ccc(C)cc2)S/C1=N/S(=O)(=O)c1ccc(CC)cc1. The third kappa shape index (κ3) is 5.66. The van der Waals surface area contributed by atoms with Gasteiger partial charge in [-0.2, -0.15) is 8.42 Å². The predicted molar refractivity (Wildman–Crippen MR) is 128 cm³/mol. The van der Waals surface area contributed by atoms with Gasteiger partial charge in [0.05, 0.1) is 4.90 Å². The van der Waals surface area contributed by atoms with Crippen LogP contribution in [0.3, 0.4) is 0 Å². The first-order chi connectivity index (χ1) is 15.2. The lowest BCUT2D eigenvalue weighted by Crippen LogP contribution is -2.33. The first-order valence-electron chi connectivity index (χ1n) is 10.1. The third-order valence-corrected chi connectivity index (χ3v) is 7.44. The van der Waals surface area contributed by atoms with E-state index in [4.69, 9.17) is 0 Å². The summed E-state index contributed by atoms with van der Waals surface area (Å²) in [6, 6.07) is 13.8. The molecule has 0 bridgehead atoms. The maximum absolute atomic E-state index is 12.8. The molecule has 1 unspecified atom stereocenters. The molecule has 0 aromatic heterocycles. The highest BCUT2D eigenvalue weighted by atomic mass is 32.2. The Morgan fingerprint density at radius 3 is 2.44 bits per heavy atom. The molecular weight excluding hydrogens is 446 g/mol. The van der Waals surface area contributed by atoms with Crippen LogP contribution in [0.2, 0.25) is 0 Å². The second-order valence-corrected chi connectivity index (χ2v) is 10.1. The number of aryl methyl sites for hydroxylation is 2. The smallest absolute Gasteiger partial charge is 0.284 e. The highest BCUT2D eigenvalue weighted by Gasteiger charge is 2.39. The molecule has 7 nitrogen and oxygen atoms in total. The Balaban J connectivity index is 1.78. The molecule has 1 aliphatic rings. The molecule has 2 amide bonds. The molecular formula is C23H25N3O4S2. The van der Waals surface area contributed by atoms with Gasteiger partial charge in [-0.05, 0) is 43.2 Å². The van der Waals surface area contributed by atoms with Gasteiger partial charge < -0.3 is 5.32 Å². The van der Waals surface area contributed by atoms with Crippen molar-refractivity contribution in [2.75, 3.05) is 11.9 Å². The summed E-state index contributed by atoms with van der Waals surface area (Å²) < 4.78 is 29.5. The zero-order valence-corrected chi connectivity index (χ0v) is 19.6. The summed E-state index contributed by atoms with van der Waals surface area (Å²) in [4.78, 5) is 26.6. The molecule has 1 N–H and O–H groups in total. The van der Waals surface area contributed by atoms with Crippen molar-refractivity contribution >= 4 is 44.5 Å². The van der Waals surface area contributed by atoms with Crippen LogP contribution in [-0.4, -0.2) is 42.1 Å². The third-order valence-electron chi connectivity index (χ3n) is 4.87. The molecule has 1 heterocycles. The van der Waals surface area contributed by atoms with Crippen LogP contribution in [0.15, 0.2) is 70.5 Å². The van der Waals surface area contributed by atoms with Gasteiger partial charge in [0.15, 0.2) is 5.17 Å². The standard InChI is InChI=1S/C23H25N3O4S2/c1-4-14-26-22(28)20(15-21(27)24-18-10-6-16(3)7-11-18)31-23(26)25-32(29,30)19-12-8-17(5-2)9-13-19/h4,6-13,20H,1,5,14-15H2,2-3H3,(H,24,27)/b25-23+. The van der Waals surface area contributed by atoms with E-state index < -0.39 is 15.3 Å². The minimum absolute atomic E-state index is 0.0441. The van der Waals surface area contributed by atoms with Gasteiger partial charge in [-0.15, -0.1) is 11.0 Å². The number of nitrogens with one attached hydrogen (secondary N) is 1. The molecule has 3 rings (SSSR count). The first-order valence-corrected chi connectivity index (χ1v) is 12.4. The van der Waals surface area contributed by atoms with Crippen molar-refractivity contribution < 1.29 is 18.0 Å². The normalized spacial score (nSPS) is 17.6. The van der Waals surface area contributed by atoms with Gasteiger partial charge in [0.25, 0.3) is 10.0 Å². The molecule has 0 saturated carbocycles. The first kappa shape index (κ1) is 23.7. The van der Waals surface area contributed by atoms with Crippen molar-refractivity contribution in [1.82, 2.24) is 4.90 Å². The van der Waals surface area contributed by atoms with Crippen molar-refractivity contribution in [1.29, 1.82) is 0 Å². The molecule has 1 aliphatic heterocycles. The number of hydrogen-bond acceptors (Lipinski definition) is 5. The number of anilines is 1. The Kier molecular flexibility index (Phi) is 7.52. The summed E-state index contributed by atoms with van der Waals surface area (Å²) in [5, 5.41) is 2.04. The Bertz CT molecular complexity index is 1140. The van der Waals surface area contributed by atoms with E-state index in [9.17, 15) is 18.0 Å². The quantitative estimate of drug-likeness (QED) is 0.592. The van der Waals surface area contributed by atoms with Crippen LogP contribution in [0.4, 0.5) is 5.69 Å². The van der Waals surface area contributed by atoms with Gasteiger partial charge in [-0.3, -0.25) is 14.5 Å². The zero-order chi connectivity index (χ0) is 23.3. The van der Waals surface area contributed by atoms with Crippen LogP contribution >= 0.6 is 11.8 Å². The van der Waals surface area contributed by atoms with E-state index in [1.54, 1.807) is 24.3 Å². The van der Waals surface area contributed by atoms with E-state index in [2.05, 4.69) is 16.3 Å². The summed E-state index contributed by atoms with van der Waals surface area (Å²) in [5.74, 6) is -0.707. The number of sulfonamides is 1. The van der Waals surface area contributed by atoms with Gasteiger partial charge in [0, 0.05) is 18.7 Å². The highest BCUT2D eigenvalue weighted by molar-refractivity contribution is 8.16. The minimum atomic E-state index is -4.01. The largest absolute Gasteiger partial charge is 0.326 e. The second kappa shape index (κ2) is 10.1. The Labute approximate surface area is 192 Å². The number of amides is 2. The number of amidine groups is 1. The molecule has 32 heavy (non-hydrogen) atoms. The number of carbonyl (C=O) groups excluding carboxylic acids is 2. The fourth-order valence-corrected chi connectivity index (χ4v) is 5.44. The number of rotatable bonds is 8. The maximum Gasteiger partial charge on any atom is 0.284 e. The lowest BCUT2D eigenvalue weighted by molar-refractivity contribution is -0.127. The molecule has 2 aromatic rings. The van der Waals surface area contributed by atoms with E-state index >= 15 is 0 Å². The predicted octanol–water partition coefficient (Wildman–Crippen LogP) is 3.76. The van der Waals surface area contributed by atoms with E-state index in [1.165, 1.54) is 23.1 Å².